The van der Waals surface area contributed by atoms with Crippen LogP contribution in [0.4, 0.5) is 0 Å². The number of allylic oxidation sites excluding steroid dienone is 8. The Morgan fingerprint density at radius 2 is 1.90 bits per heavy atom. The molecule has 108 valence electrons. The first-order chi connectivity index (χ1) is 8.40. The molecule has 3 rings (SSSR count). The first-order valence-electron chi connectivity index (χ1n) is 6.82. The molecular weight excluding hydrogens is 366 g/mol. The van der Waals surface area contributed by atoms with Gasteiger partial charge in [0.25, 0.3) is 0 Å². The monoisotopic (exact) mass is 386 g/mol. The maximum atomic E-state index is 2.99. The van der Waals surface area contributed by atoms with Crippen LogP contribution in [0.2, 0.25) is 0 Å². The Balaban J connectivity index is 0. The zero-order valence-corrected chi connectivity index (χ0v) is 15.9. The molecule has 0 spiro atoms. The maximum absolute atomic E-state index is 2.99. The summed E-state index contributed by atoms with van der Waals surface area (Å²) >= 11 is 0. The molecule has 0 aromatic carbocycles. The van der Waals surface area contributed by atoms with Crippen LogP contribution in [0.3, 0.4) is 0 Å². The first kappa shape index (κ1) is 22.7. The molecule has 0 saturated heterocycles. The van der Waals surface area contributed by atoms with Crippen LogP contribution in [0, 0.1) is 30.3 Å². The van der Waals surface area contributed by atoms with E-state index in [1.54, 1.807) is 0 Å². The van der Waals surface area contributed by atoms with Gasteiger partial charge >= 0.3 is 26.2 Å². The van der Waals surface area contributed by atoms with Gasteiger partial charge in [0, 0.05) is 0 Å². The van der Waals surface area contributed by atoms with Gasteiger partial charge in [0.15, 0.2) is 0 Å². The number of rotatable bonds is 2. The topological polar surface area (TPSA) is 0 Å². The van der Waals surface area contributed by atoms with Crippen molar-refractivity contribution in [3.8, 4) is 0 Å². The fourth-order valence-corrected chi connectivity index (χ4v) is 2.78. The van der Waals surface area contributed by atoms with Gasteiger partial charge in [0.1, 0.15) is 0 Å². The molecule has 20 heavy (non-hydrogen) atoms. The van der Waals surface area contributed by atoms with Crippen LogP contribution < -0.4 is 24.8 Å². The molecule has 0 aromatic rings. The summed E-state index contributed by atoms with van der Waals surface area (Å²) in [7, 11) is 0. The fourth-order valence-electron chi connectivity index (χ4n) is 2.78. The number of halogens is 2. The molecule has 0 aliphatic heterocycles. The Kier molecular flexibility index (Phi) is 14.9. The summed E-state index contributed by atoms with van der Waals surface area (Å²) in [6.07, 6.45) is 25.8. The van der Waals surface area contributed by atoms with E-state index in [9.17, 15) is 0 Å². The Morgan fingerprint density at radius 1 is 1.15 bits per heavy atom. The third kappa shape index (κ3) is 7.44. The quantitative estimate of drug-likeness (QED) is 0.515. The number of fused-ring (bicyclic) bond motifs is 1. The van der Waals surface area contributed by atoms with Gasteiger partial charge in [-0.15, -0.1) is 18.4 Å². The largest absolute Gasteiger partial charge is 4.00 e. The Morgan fingerprint density at radius 3 is 2.40 bits per heavy atom. The Labute approximate surface area is 155 Å². The van der Waals surface area contributed by atoms with Gasteiger partial charge < -0.3 is 31.2 Å². The van der Waals surface area contributed by atoms with Gasteiger partial charge in [0.2, 0.25) is 0 Å². The molecule has 0 nitrogen and oxygen atoms in total. The second kappa shape index (κ2) is 13.1. The summed E-state index contributed by atoms with van der Waals surface area (Å²) in [6, 6.07) is 0. The van der Waals surface area contributed by atoms with Crippen molar-refractivity contribution < 1.29 is 51.0 Å². The molecule has 0 heterocycles. The summed E-state index contributed by atoms with van der Waals surface area (Å²) in [6.45, 7) is 2.28. The minimum absolute atomic E-state index is 0. The third-order valence-electron chi connectivity index (χ3n) is 3.61. The van der Waals surface area contributed by atoms with Crippen LogP contribution in [0.5, 0.6) is 0 Å². The van der Waals surface area contributed by atoms with Crippen molar-refractivity contribution in [2.45, 2.75) is 32.6 Å². The van der Waals surface area contributed by atoms with Crippen LogP contribution in [0.15, 0.2) is 42.5 Å². The van der Waals surface area contributed by atoms with Crippen LogP contribution in [0.1, 0.15) is 32.6 Å². The zero-order chi connectivity index (χ0) is 11.9. The van der Waals surface area contributed by atoms with Gasteiger partial charge in [-0.2, -0.15) is 12.0 Å². The van der Waals surface area contributed by atoms with Crippen molar-refractivity contribution in [1.29, 1.82) is 0 Å². The van der Waals surface area contributed by atoms with Crippen molar-refractivity contribution in [3.63, 3.8) is 0 Å². The van der Waals surface area contributed by atoms with Crippen molar-refractivity contribution in [2.75, 3.05) is 0 Å². The van der Waals surface area contributed by atoms with E-state index in [2.05, 4.69) is 49.8 Å². The van der Waals surface area contributed by atoms with Gasteiger partial charge in [-0.3, -0.25) is 6.08 Å². The van der Waals surface area contributed by atoms with Crippen LogP contribution >= 0.6 is 0 Å². The predicted octanol–water partition coefficient (Wildman–Crippen LogP) is -1.32. The maximum Gasteiger partial charge on any atom is 4.00 e. The van der Waals surface area contributed by atoms with E-state index in [1.807, 2.05) is 12.2 Å². The van der Waals surface area contributed by atoms with E-state index in [1.165, 1.54) is 19.3 Å². The second-order valence-electron chi connectivity index (χ2n) is 4.99. The molecule has 3 aliphatic carbocycles. The summed E-state index contributed by atoms with van der Waals surface area (Å²) in [5.74, 6) is 2.47. The Hall–Kier alpha value is 0.423. The molecule has 0 radical (unpaired) electrons. The van der Waals surface area contributed by atoms with Gasteiger partial charge in [-0.25, -0.2) is 12.2 Å². The minimum Gasteiger partial charge on any atom is -1.00 e. The summed E-state index contributed by atoms with van der Waals surface area (Å²) in [5, 5.41) is 0. The smallest absolute Gasteiger partial charge is 1.00 e. The molecule has 0 amide bonds. The summed E-state index contributed by atoms with van der Waals surface area (Å²) < 4.78 is 0. The van der Waals surface area contributed by atoms with E-state index >= 15 is 0 Å². The molecule has 3 aliphatic rings. The SMILES string of the molecule is CCCC1[CH-]C2C=CC=CC2C1.[C-]1=CC=CC1.[Cl-].[Cl-].[Zr+4]. The number of hydrogen-bond acceptors (Lipinski definition) is 0. The Bertz CT molecular complexity index is 315. The average Bonchev–Trinajstić information content (AvgIpc) is 3.01. The fraction of sp³-hybridized carbons (Fsp3) is 0.471. The van der Waals surface area contributed by atoms with Crippen molar-refractivity contribution in [1.82, 2.24) is 0 Å². The second-order valence-corrected chi connectivity index (χ2v) is 4.99. The van der Waals surface area contributed by atoms with Gasteiger partial charge in [-0.1, -0.05) is 44.4 Å². The molecule has 1 fully saturated rings. The molecular formula is C17H22Cl2Zr. The van der Waals surface area contributed by atoms with Crippen LogP contribution in [0.25, 0.3) is 0 Å². The van der Waals surface area contributed by atoms with Crippen LogP contribution in [-0.2, 0) is 26.2 Å². The predicted molar refractivity (Wildman–Crippen MR) is 74.1 cm³/mol. The van der Waals surface area contributed by atoms with E-state index in [0.29, 0.717) is 0 Å². The minimum atomic E-state index is 0. The van der Waals surface area contributed by atoms with Crippen molar-refractivity contribution >= 4 is 0 Å². The van der Waals surface area contributed by atoms with E-state index in [-0.39, 0.29) is 51.0 Å². The van der Waals surface area contributed by atoms with Crippen LogP contribution in [-0.4, -0.2) is 0 Å². The van der Waals surface area contributed by atoms with Gasteiger partial charge in [-0.05, 0) is 5.92 Å². The molecule has 0 bridgehead atoms. The number of hydrogen-bond donors (Lipinski definition) is 0. The third-order valence-corrected chi connectivity index (χ3v) is 3.61. The molecule has 3 atom stereocenters. The summed E-state index contributed by atoms with van der Waals surface area (Å²) in [5.41, 5.74) is 0. The van der Waals surface area contributed by atoms with Gasteiger partial charge in [0.05, 0.1) is 0 Å². The summed E-state index contributed by atoms with van der Waals surface area (Å²) in [4.78, 5) is 0. The first-order valence-corrected chi connectivity index (χ1v) is 6.82. The normalized spacial score (nSPS) is 27.6. The van der Waals surface area contributed by atoms with E-state index in [0.717, 1.165) is 24.2 Å². The molecule has 1 saturated carbocycles. The van der Waals surface area contributed by atoms with E-state index in [4.69, 9.17) is 0 Å². The molecule has 0 N–H and O–H groups in total. The zero-order valence-electron chi connectivity index (χ0n) is 11.9. The van der Waals surface area contributed by atoms with Crippen molar-refractivity contribution in [3.05, 3.63) is 55.0 Å². The van der Waals surface area contributed by atoms with E-state index < -0.39 is 0 Å². The standard InChI is InChI=1S/C12H17.C5H5.2ClH.Zr/c1-2-5-10-8-11-6-3-4-7-12(11)9-10;1-2-4-5-3-1;;;/h3-4,6-8,10-12H,2,5,9H2,1H3;1-3H,4H2;2*1H;/q2*-1;;;+4/p-2. The molecule has 3 unspecified atom stereocenters. The molecule has 0 aromatic heterocycles. The molecule has 3 heteroatoms. The average molecular weight is 388 g/mol. The van der Waals surface area contributed by atoms with Crippen molar-refractivity contribution in [2.24, 2.45) is 17.8 Å².